The van der Waals surface area contributed by atoms with Gasteiger partial charge in [0.25, 0.3) is 11.6 Å². The van der Waals surface area contributed by atoms with Crippen LogP contribution in [0.5, 0.6) is 0 Å². The highest BCUT2D eigenvalue weighted by molar-refractivity contribution is 5.95. The molecule has 9 heteroatoms. The molecule has 2 heterocycles. The van der Waals surface area contributed by atoms with Crippen LogP contribution >= 0.6 is 0 Å². The normalized spacial score (nSPS) is 14.2. The third-order valence-corrected chi connectivity index (χ3v) is 5.07. The fraction of sp³-hybridized carbons (Fsp3) is 0.300. The topological polar surface area (TPSA) is 103 Å². The van der Waals surface area contributed by atoms with E-state index < -0.39 is 4.92 Å². The number of morpholine rings is 1. The molecule has 0 saturated carbocycles. The average Bonchev–Trinajstić information content (AvgIpc) is 3.08. The minimum absolute atomic E-state index is 0.0812. The van der Waals surface area contributed by atoms with Crippen LogP contribution in [0.25, 0.3) is 11.0 Å². The molecular formula is C20H21N5O4. The molecule has 1 saturated heterocycles. The Hall–Kier alpha value is -3.46. The molecule has 1 fully saturated rings. The van der Waals surface area contributed by atoms with Crippen LogP contribution in [0.2, 0.25) is 0 Å². The minimum atomic E-state index is -0.451. The molecule has 150 valence electrons. The summed E-state index contributed by atoms with van der Waals surface area (Å²) in [5.41, 5.74) is 2.49. The number of amides is 1. The molecule has 1 aromatic heterocycles. The lowest BCUT2D eigenvalue weighted by Crippen LogP contribution is -2.36. The fourth-order valence-electron chi connectivity index (χ4n) is 3.50. The highest BCUT2D eigenvalue weighted by atomic mass is 16.6. The second-order valence-corrected chi connectivity index (χ2v) is 6.82. The SMILES string of the molecule is Cn1c(CNC(=O)c2ccc(N3CCOCC3)c([N+](=O)[O-])c2)nc2ccccc21. The van der Waals surface area contributed by atoms with Gasteiger partial charge in [0.05, 0.1) is 35.7 Å². The van der Waals surface area contributed by atoms with Gasteiger partial charge in [-0.1, -0.05) is 12.1 Å². The molecule has 1 N–H and O–H groups in total. The molecule has 1 aliphatic rings. The van der Waals surface area contributed by atoms with Crippen molar-refractivity contribution in [2.24, 2.45) is 7.05 Å². The Labute approximate surface area is 167 Å². The number of nitrogens with zero attached hydrogens (tertiary/aromatic N) is 4. The quantitative estimate of drug-likeness (QED) is 0.525. The summed E-state index contributed by atoms with van der Waals surface area (Å²) in [5, 5.41) is 14.4. The maximum Gasteiger partial charge on any atom is 0.293 e. The number of ether oxygens (including phenoxy) is 1. The first-order valence-electron chi connectivity index (χ1n) is 9.34. The first-order valence-corrected chi connectivity index (χ1v) is 9.34. The summed E-state index contributed by atoms with van der Waals surface area (Å²) in [6, 6.07) is 12.3. The zero-order valence-electron chi connectivity index (χ0n) is 16.0. The van der Waals surface area contributed by atoms with Gasteiger partial charge in [0.15, 0.2) is 0 Å². The lowest BCUT2D eigenvalue weighted by molar-refractivity contribution is -0.384. The number of hydrogen-bond acceptors (Lipinski definition) is 6. The predicted octanol–water partition coefficient (Wildman–Crippen LogP) is 2.25. The van der Waals surface area contributed by atoms with E-state index in [0.29, 0.717) is 37.8 Å². The Kier molecular flexibility index (Phi) is 5.13. The van der Waals surface area contributed by atoms with E-state index in [1.54, 1.807) is 12.1 Å². The monoisotopic (exact) mass is 395 g/mol. The Morgan fingerprint density at radius 2 is 2.00 bits per heavy atom. The maximum absolute atomic E-state index is 12.6. The van der Waals surface area contributed by atoms with Crippen LogP contribution in [0.1, 0.15) is 16.2 Å². The zero-order valence-corrected chi connectivity index (χ0v) is 16.0. The lowest BCUT2D eigenvalue weighted by Gasteiger charge is -2.28. The Morgan fingerprint density at radius 3 is 2.72 bits per heavy atom. The number of aromatic nitrogens is 2. The molecular weight excluding hydrogens is 374 g/mol. The number of para-hydroxylation sites is 2. The number of carbonyl (C=O) groups excluding carboxylic acids is 1. The number of imidazole rings is 1. The highest BCUT2D eigenvalue weighted by Gasteiger charge is 2.23. The number of aryl methyl sites for hydroxylation is 1. The first kappa shape index (κ1) is 18.9. The number of carbonyl (C=O) groups is 1. The summed E-state index contributed by atoms with van der Waals surface area (Å²) in [7, 11) is 1.89. The smallest absolute Gasteiger partial charge is 0.293 e. The second kappa shape index (κ2) is 7.88. The van der Waals surface area contributed by atoms with E-state index in [1.807, 2.05) is 40.8 Å². The van der Waals surface area contributed by atoms with E-state index in [2.05, 4.69) is 10.3 Å². The van der Waals surface area contributed by atoms with Crippen molar-refractivity contribution in [1.82, 2.24) is 14.9 Å². The number of nitrogens with one attached hydrogen (secondary N) is 1. The van der Waals surface area contributed by atoms with Gasteiger partial charge in [-0.3, -0.25) is 14.9 Å². The molecule has 4 rings (SSSR count). The minimum Gasteiger partial charge on any atom is -0.378 e. The van der Waals surface area contributed by atoms with Gasteiger partial charge in [-0.2, -0.15) is 0 Å². The van der Waals surface area contributed by atoms with Gasteiger partial charge in [-0.25, -0.2) is 4.98 Å². The number of rotatable bonds is 5. The largest absolute Gasteiger partial charge is 0.378 e. The summed E-state index contributed by atoms with van der Waals surface area (Å²) >= 11 is 0. The van der Waals surface area contributed by atoms with Crippen LogP contribution < -0.4 is 10.2 Å². The number of nitro groups is 1. The van der Waals surface area contributed by atoms with Crippen LogP contribution in [0.4, 0.5) is 11.4 Å². The van der Waals surface area contributed by atoms with Gasteiger partial charge in [0.2, 0.25) is 0 Å². The van der Waals surface area contributed by atoms with Crippen LogP contribution in [-0.4, -0.2) is 46.7 Å². The molecule has 1 aliphatic heterocycles. The van der Waals surface area contributed by atoms with Crippen molar-refractivity contribution < 1.29 is 14.5 Å². The predicted molar refractivity (Wildman–Crippen MR) is 108 cm³/mol. The van der Waals surface area contributed by atoms with Gasteiger partial charge in [-0.15, -0.1) is 0 Å². The van der Waals surface area contributed by atoms with Crippen molar-refractivity contribution in [2.75, 3.05) is 31.2 Å². The van der Waals surface area contributed by atoms with E-state index >= 15 is 0 Å². The van der Waals surface area contributed by atoms with Gasteiger partial charge >= 0.3 is 0 Å². The molecule has 0 spiro atoms. The molecule has 3 aromatic rings. The van der Waals surface area contributed by atoms with E-state index in [4.69, 9.17) is 4.74 Å². The molecule has 0 atom stereocenters. The van der Waals surface area contributed by atoms with E-state index in [-0.39, 0.29) is 23.7 Å². The number of anilines is 1. The molecule has 9 nitrogen and oxygen atoms in total. The third kappa shape index (κ3) is 3.77. The van der Waals surface area contributed by atoms with Crippen LogP contribution in [0.3, 0.4) is 0 Å². The standard InChI is InChI=1S/C20H21N5O4/c1-23-16-5-3-2-4-15(16)22-19(23)13-21-20(26)14-6-7-17(18(12-14)25(27)28)24-8-10-29-11-9-24/h2-7,12H,8-11,13H2,1H3,(H,21,26). The molecule has 0 bridgehead atoms. The van der Waals surface area contributed by atoms with E-state index in [9.17, 15) is 14.9 Å². The summed E-state index contributed by atoms with van der Waals surface area (Å²) in [5.74, 6) is 0.327. The van der Waals surface area contributed by atoms with Crippen LogP contribution in [0.15, 0.2) is 42.5 Å². The van der Waals surface area contributed by atoms with Crippen molar-refractivity contribution in [3.63, 3.8) is 0 Å². The molecule has 0 unspecified atom stereocenters. The molecule has 0 aliphatic carbocycles. The molecule has 0 radical (unpaired) electrons. The second-order valence-electron chi connectivity index (χ2n) is 6.82. The lowest BCUT2D eigenvalue weighted by atomic mass is 10.1. The van der Waals surface area contributed by atoms with Gasteiger partial charge < -0.3 is 19.5 Å². The van der Waals surface area contributed by atoms with Crippen molar-refractivity contribution >= 4 is 28.3 Å². The molecule has 29 heavy (non-hydrogen) atoms. The van der Waals surface area contributed by atoms with Crippen molar-refractivity contribution in [3.8, 4) is 0 Å². The number of fused-ring (bicyclic) bond motifs is 1. The number of nitro benzene ring substituents is 1. The zero-order chi connectivity index (χ0) is 20.4. The van der Waals surface area contributed by atoms with E-state index in [1.165, 1.54) is 6.07 Å². The van der Waals surface area contributed by atoms with Crippen LogP contribution in [0, 0.1) is 10.1 Å². The van der Waals surface area contributed by atoms with Gasteiger partial charge in [-0.05, 0) is 24.3 Å². The Morgan fingerprint density at radius 1 is 1.24 bits per heavy atom. The fourth-order valence-corrected chi connectivity index (χ4v) is 3.50. The third-order valence-electron chi connectivity index (χ3n) is 5.07. The maximum atomic E-state index is 12.6. The van der Waals surface area contributed by atoms with Crippen LogP contribution in [-0.2, 0) is 18.3 Å². The highest BCUT2D eigenvalue weighted by Crippen LogP contribution is 2.30. The first-order chi connectivity index (χ1) is 14.0. The van der Waals surface area contributed by atoms with Gasteiger partial charge in [0.1, 0.15) is 11.5 Å². The van der Waals surface area contributed by atoms with Crippen molar-refractivity contribution in [3.05, 3.63) is 64.0 Å². The Bertz CT molecular complexity index is 1070. The summed E-state index contributed by atoms with van der Waals surface area (Å²) in [6.07, 6.45) is 0. The average molecular weight is 395 g/mol. The summed E-state index contributed by atoms with van der Waals surface area (Å²) in [6.45, 7) is 2.44. The van der Waals surface area contributed by atoms with Gasteiger partial charge in [0, 0.05) is 31.8 Å². The van der Waals surface area contributed by atoms with Crippen molar-refractivity contribution in [2.45, 2.75) is 6.54 Å². The summed E-state index contributed by atoms with van der Waals surface area (Å²) in [4.78, 5) is 30.1. The summed E-state index contributed by atoms with van der Waals surface area (Å²) < 4.78 is 7.22. The number of benzene rings is 2. The Balaban J connectivity index is 1.52. The number of hydrogen-bond donors (Lipinski definition) is 1. The van der Waals surface area contributed by atoms with E-state index in [0.717, 1.165) is 11.0 Å². The molecule has 1 amide bonds. The van der Waals surface area contributed by atoms with Crippen molar-refractivity contribution in [1.29, 1.82) is 0 Å². The molecule has 2 aromatic carbocycles.